The molecule has 1 amide bonds. The molecule has 21 heavy (non-hydrogen) atoms. The molecule has 108 valence electrons. The van der Waals surface area contributed by atoms with E-state index in [9.17, 15) is 4.79 Å². The molecule has 0 saturated heterocycles. The highest BCUT2D eigenvalue weighted by molar-refractivity contribution is 6.42. The van der Waals surface area contributed by atoms with Gasteiger partial charge in [-0.25, -0.2) is 0 Å². The molecule has 1 unspecified atom stereocenters. The number of hydrogen-bond acceptors (Lipinski definition) is 1. The highest BCUT2D eigenvalue weighted by atomic mass is 35.5. The van der Waals surface area contributed by atoms with Gasteiger partial charge >= 0.3 is 0 Å². The van der Waals surface area contributed by atoms with E-state index in [1.165, 1.54) is 11.1 Å². The minimum atomic E-state index is -0.115. The fourth-order valence-electron chi connectivity index (χ4n) is 2.78. The average molecular weight is 320 g/mol. The van der Waals surface area contributed by atoms with Crippen LogP contribution in [0.25, 0.3) is 0 Å². The van der Waals surface area contributed by atoms with Crippen molar-refractivity contribution in [2.75, 3.05) is 0 Å². The Morgan fingerprint density at radius 1 is 1.10 bits per heavy atom. The van der Waals surface area contributed by atoms with Gasteiger partial charge in [-0.2, -0.15) is 0 Å². The lowest BCUT2D eigenvalue weighted by Crippen LogP contribution is -2.30. The van der Waals surface area contributed by atoms with Gasteiger partial charge in [-0.15, -0.1) is 0 Å². The van der Waals surface area contributed by atoms with E-state index in [1.807, 2.05) is 12.1 Å². The van der Waals surface area contributed by atoms with Crippen molar-refractivity contribution < 1.29 is 4.79 Å². The molecule has 2 nitrogen and oxygen atoms in total. The molecular weight excluding hydrogens is 305 g/mol. The Morgan fingerprint density at radius 2 is 1.90 bits per heavy atom. The Bertz CT molecular complexity index is 684. The number of rotatable bonds is 2. The number of halogens is 2. The number of nitrogens with one attached hydrogen (secondary N) is 1. The second-order valence-electron chi connectivity index (χ2n) is 5.25. The average Bonchev–Trinajstić information content (AvgIpc) is 2.50. The van der Waals surface area contributed by atoms with Crippen molar-refractivity contribution >= 4 is 29.1 Å². The van der Waals surface area contributed by atoms with Crippen LogP contribution in [0, 0.1) is 0 Å². The molecule has 1 aliphatic carbocycles. The summed E-state index contributed by atoms with van der Waals surface area (Å²) in [6, 6.07) is 13.3. The molecule has 0 fully saturated rings. The molecule has 1 aliphatic rings. The zero-order valence-electron chi connectivity index (χ0n) is 11.4. The zero-order valence-corrected chi connectivity index (χ0v) is 12.9. The molecule has 0 aromatic heterocycles. The van der Waals surface area contributed by atoms with Crippen molar-refractivity contribution in [3.8, 4) is 0 Å². The van der Waals surface area contributed by atoms with E-state index in [1.54, 1.807) is 18.2 Å². The standard InChI is InChI=1S/C17H15Cl2NO/c18-14-9-8-12(10-15(14)19)17(21)20-16-7-3-5-11-4-1-2-6-13(11)16/h1-2,4,6,8-10,16H,3,5,7H2,(H,20,21). The molecule has 0 saturated carbocycles. The van der Waals surface area contributed by atoms with E-state index < -0.39 is 0 Å². The quantitative estimate of drug-likeness (QED) is 0.846. The maximum Gasteiger partial charge on any atom is 0.251 e. The number of aryl methyl sites for hydroxylation is 1. The first-order chi connectivity index (χ1) is 10.1. The third-order valence-corrected chi connectivity index (χ3v) is 4.60. The molecule has 0 bridgehead atoms. The number of benzene rings is 2. The maximum atomic E-state index is 12.4. The molecule has 0 radical (unpaired) electrons. The van der Waals surface area contributed by atoms with Gasteiger partial charge in [0.25, 0.3) is 5.91 Å². The molecular formula is C17H15Cl2NO. The molecule has 4 heteroatoms. The normalized spacial score (nSPS) is 17.1. The van der Waals surface area contributed by atoms with Crippen LogP contribution in [0.15, 0.2) is 42.5 Å². The summed E-state index contributed by atoms with van der Waals surface area (Å²) in [5.74, 6) is -0.115. The minimum Gasteiger partial charge on any atom is -0.345 e. The van der Waals surface area contributed by atoms with Gasteiger partial charge in [0.2, 0.25) is 0 Å². The highest BCUT2D eigenvalue weighted by Crippen LogP contribution is 2.30. The summed E-state index contributed by atoms with van der Waals surface area (Å²) >= 11 is 11.9. The van der Waals surface area contributed by atoms with Crippen LogP contribution in [0.1, 0.15) is 40.4 Å². The van der Waals surface area contributed by atoms with Crippen molar-refractivity contribution in [1.29, 1.82) is 0 Å². The zero-order chi connectivity index (χ0) is 14.8. The summed E-state index contributed by atoms with van der Waals surface area (Å²) < 4.78 is 0. The van der Waals surface area contributed by atoms with Gasteiger partial charge in [0.1, 0.15) is 0 Å². The lowest BCUT2D eigenvalue weighted by Gasteiger charge is -2.26. The number of carbonyl (C=O) groups excluding carboxylic acids is 1. The molecule has 2 aromatic carbocycles. The van der Waals surface area contributed by atoms with Gasteiger partial charge in [0, 0.05) is 5.56 Å². The summed E-state index contributed by atoms with van der Waals surface area (Å²) in [5, 5.41) is 3.95. The van der Waals surface area contributed by atoms with Crippen molar-refractivity contribution in [3.63, 3.8) is 0 Å². The van der Waals surface area contributed by atoms with Gasteiger partial charge in [-0.05, 0) is 48.6 Å². The Hall–Kier alpha value is -1.51. The van der Waals surface area contributed by atoms with Crippen LogP contribution in [0.3, 0.4) is 0 Å². The summed E-state index contributed by atoms with van der Waals surface area (Å²) in [6.07, 6.45) is 3.13. The Kier molecular flexibility index (Phi) is 4.18. The van der Waals surface area contributed by atoms with Crippen LogP contribution in [0.4, 0.5) is 0 Å². The van der Waals surface area contributed by atoms with Crippen LogP contribution < -0.4 is 5.32 Å². The first kappa shape index (κ1) is 14.4. The summed E-state index contributed by atoms with van der Waals surface area (Å²) in [6.45, 7) is 0. The molecule has 2 aromatic rings. The van der Waals surface area contributed by atoms with Crippen molar-refractivity contribution in [2.24, 2.45) is 0 Å². The van der Waals surface area contributed by atoms with Crippen molar-refractivity contribution in [1.82, 2.24) is 5.32 Å². The number of amides is 1. The van der Waals surface area contributed by atoms with E-state index in [4.69, 9.17) is 23.2 Å². The predicted molar refractivity (Wildman–Crippen MR) is 86.0 cm³/mol. The molecule has 0 spiro atoms. The second-order valence-corrected chi connectivity index (χ2v) is 6.06. The maximum absolute atomic E-state index is 12.4. The highest BCUT2D eigenvalue weighted by Gasteiger charge is 2.22. The second kappa shape index (κ2) is 6.08. The van der Waals surface area contributed by atoms with Gasteiger partial charge in [-0.3, -0.25) is 4.79 Å². The lowest BCUT2D eigenvalue weighted by molar-refractivity contribution is 0.0933. The number of fused-ring (bicyclic) bond motifs is 1. The molecule has 3 rings (SSSR count). The van der Waals surface area contributed by atoms with Crippen LogP contribution >= 0.6 is 23.2 Å². The SMILES string of the molecule is O=C(NC1CCCc2ccccc21)c1ccc(Cl)c(Cl)c1. The van der Waals surface area contributed by atoms with Gasteiger partial charge in [0.05, 0.1) is 16.1 Å². The fraction of sp³-hybridized carbons (Fsp3) is 0.235. The summed E-state index contributed by atoms with van der Waals surface area (Å²) in [5.41, 5.74) is 3.08. The monoisotopic (exact) mass is 319 g/mol. The van der Waals surface area contributed by atoms with E-state index in [0.29, 0.717) is 15.6 Å². The Labute approximate surface area is 134 Å². The lowest BCUT2D eigenvalue weighted by atomic mass is 9.87. The van der Waals surface area contributed by atoms with Gasteiger partial charge in [-0.1, -0.05) is 47.5 Å². The van der Waals surface area contributed by atoms with Crippen molar-refractivity contribution in [3.05, 3.63) is 69.2 Å². The van der Waals surface area contributed by atoms with Crippen LogP contribution in [-0.2, 0) is 6.42 Å². The van der Waals surface area contributed by atoms with Crippen LogP contribution in [0.5, 0.6) is 0 Å². The summed E-state index contributed by atoms with van der Waals surface area (Å²) in [4.78, 5) is 12.4. The third-order valence-electron chi connectivity index (χ3n) is 3.86. The molecule has 0 heterocycles. The Morgan fingerprint density at radius 3 is 2.71 bits per heavy atom. The van der Waals surface area contributed by atoms with Crippen LogP contribution in [0.2, 0.25) is 10.0 Å². The number of carbonyl (C=O) groups is 1. The topological polar surface area (TPSA) is 29.1 Å². The number of hydrogen-bond donors (Lipinski definition) is 1. The molecule has 0 aliphatic heterocycles. The van der Waals surface area contributed by atoms with Gasteiger partial charge < -0.3 is 5.32 Å². The Balaban J connectivity index is 1.81. The predicted octanol–water partition coefficient (Wildman–Crippen LogP) is 4.80. The van der Waals surface area contributed by atoms with Gasteiger partial charge in [0.15, 0.2) is 0 Å². The minimum absolute atomic E-state index is 0.0666. The van der Waals surface area contributed by atoms with E-state index in [-0.39, 0.29) is 11.9 Å². The van der Waals surface area contributed by atoms with E-state index >= 15 is 0 Å². The first-order valence-electron chi connectivity index (χ1n) is 6.99. The first-order valence-corrected chi connectivity index (χ1v) is 7.74. The largest absolute Gasteiger partial charge is 0.345 e. The van der Waals surface area contributed by atoms with E-state index in [0.717, 1.165) is 19.3 Å². The molecule has 1 N–H and O–H groups in total. The third kappa shape index (κ3) is 3.07. The smallest absolute Gasteiger partial charge is 0.251 e. The summed E-state index contributed by atoms with van der Waals surface area (Å²) in [7, 11) is 0. The van der Waals surface area contributed by atoms with Crippen LogP contribution in [-0.4, -0.2) is 5.91 Å². The van der Waals surface area contributed by atoms with E-state index in [2.05, 4.69) is 17.4 Å². The fourth-order valence-corrected chi connectivity index (χ4v) is 3.08. The molecule has 1 atom stereocenters. The van der Waals surface area contributed by atoms with Crippen molar-refractivity contribution in [2.45, 2.75) is 25.3 Å².